The zero-order valence-corrected chi connectivity index (χ0v) is 9.66. The first-order chi connectivity index (χ1) is 7.30. The number of carboxylic acid groups (broad SMARTS) is 1. The molecule has 0 saturated heterocycles. The van der Waals surface area contributed by atoms with Gasteiger partial charge in [-0.1, -0.05) is 12.1 Å². The van der Waals surface area contributed by atoms with Crippen LogP contribution in [0.3, 0.4) is 0 Å². The van der Waals surface area contributed by atoms with Gasteiger partial charge >= 0.3 is 0 Å². The van der Waals surface area contributed by atoms with E-state index in [0.29, 0.717) is 5.56 Å². The fourth-order valence-corrected chi connectivity index (χ4v) is 1.94. The van der Waals surface area contributed by atoms with Crippen LogP contribution in [0.2, 0.25) is 0 Å². The molecular weight excluding hydrogens is 230 g/mol. The minimum absolute atomic E-state index is 0.182. The normalized spacial score (nSPS) is 13.4. The van der Waals surface area contributed by atoms with Crippen molar-refractivity contribution in [2.75, 3.05) is 6.26 Å². The van der Waals surface area contributed by atoms with E-state index in [1.807, 2.05) is 0 Å². The molecule has 0 amide bonds. The second-order valence-corrected chi connectivity index (χ2v) is 5.63. The molecule has 5 nitrogen and oxygen atoms in total. The van der Waals surface area contributed by atoms with E-state index in [9.17, 15) is 18.3 Å². The lowest BCUT2D eigenvalue weighted by atomic mass is 10.1. The van der Waals surface area contributed by atoms with Crippen LogP contribution in [-0.4, -0.2) is 20.6 Å². The third-order valence-electron chi connectivity index (χ3n) is 2.19. The lowest BCUT2D eigenvalue weighted by molar-refractivity contribution is -0.430. The molecule has 1 aromatic carbocycles. The van der Waals surface area contributed by atoms with Crippen LogP contribution in [0.5, 0.6) is 0 Å². The Morgan fingerprint density at radius 3 is 2.25 bits per heavy atom. The van der Waals surface area contributed by atoms with Crippen LogP contribution in [0.15, 0.2) is 29.2 Å². The molecule has 0 aliphatic rings. The van der Waals surface area contributed by atoms with Crippen LogP contribution in [0.25, 0.3) is 0 Å². The number of carbonyl (C=O) groups is 1. The number of carbonyl (C=O) groups excluding carboxylic acids is 1. The Kier molecular flexibility index (Phi) is 3.66. The van der Waals surface area contributed by atoms with E-state index in [1.165, 1.54) is 12.1 Å². The summed E-state index contributed by atoms with van der Waals surface area (Å²) in [6.45, 7) is 0. The van der Waals surface area contributed by atoms with Crippen molar-refractivity contribution in [2.45, 2.75) is 17.4 Å². The van der Waals surface area contributed by atoms with Crippen molar-refractivity contribution in [3.63, 3.8) is 0 Å². The molecular formula is C10H13NO4S. The molecule has 16 heavy (non-hydrogen) atoms. The summed E-state index contributed by atoms with van der Waals surface area (Å²) in [5.74, 6) is -1.17. The number of rotatable bonds is 4. The molecule has 3 N–H and O–H groups in total. The predicted molar refractivity (Wildman–Crippen MR) is 54.8 cm³/mol. The number of hydrogen-bond acceptors (Lipinski definition) is 4. The number of benzene rings is 1. The summed E-state index contributed by atoms with van der Waals surface area (Å²) in [5, 5.41) is 10.4. The van der Waals surface area contributed by atoms with Gasteiger partial charge in [0.05, 0.1) is 4.90 Å². The van der Waals surface area contributed by atoms with Crippen molar-refractivity contribution in [3.05, 3.63) is 29.8 Å². The molecule has 88 valence electrons. The van der Waals surface area contributed by atoms with Crippen LogP contribution >= 0.6 is 0 Å². The van der Waals surface area contributed by atoms with Gasteiger partial charge in [0, 0.05) is 24.2 Å². The molecule has 0 heterocycles. The summed E-state index contributed by atoms with van der Waals surface area (Å²) in [5.41, 5.74) is 4.35. The van der Waals surface area contributed by atoms with Gasteiger partial charge in [-0.15, -0.1) is 0 Å². The van der Waals surface area contributed by atoms with Crippen LogP contribution in [-0.2, 0) is 14.6 Å². The van der Waals surface area contributed by atoms with E-state index in [4.69, 9.17) is 0 Å². The molecule has 1 aromatic rings. The quantitative estimate of drug-likeness (QED) is 0.696. The minimum Gasteiger partial charge on any atom is -0.550 e. The summed E-state index contributed by atoms with van der Waals surface area (Å²) >= 11 is 0. The van der Waals surface area contributed by atoms with Crippen LogP contribution < -0.4 is 10.8 Å². The van der Waals surface area contributed by atoms with Crippen LogP contribution in [0, 0.1) is 0 Å². The molecule has 0 aliphatic carbocycles. The topological polar surface area (TPSA) is 102 Å². The Balaban J connectivity index is 2.91. The number of quaternary nitrogens is 1. The lowest BCUT2D eigenvalue weighted by Gasteiger charge is -2.09. The number of hydrogen-bond donors (Lipinski definition) is 1. The third-order valence-corrected chi connectivity index (χ3v) is 3.32. The number of carboxylic acids is 1. The van der Waals surface area contributed by atoms with Gasteiger partial charge in [-0.25, -0.2) is 8.42 Å². The third kappa shape index (κ3) is 3.32. The Morgan fingerprint density at radius 1 is 1.38 bits per heavy atom. The summed E-state index contributed by atoms with van der Waals surface area (Å²) in [6, 6.07) is 5.59. The average Bonchev–Trinajstić information content (AvgIpc) is 2.15. The fourth-order valence-electron chi connectivity index (χ4n) is 1.31. The Bertz CT molecular complexity index is 478. The first kappa shape index (κ1) is 12.7. The highest BCUT2D eigenvalue weighted by molar-refractivity contribution is 7.90. The summed E-state index contributed by atoms with van der Waals surface area (Å²) < 4.78 is 22.3. The lowest BCUT2D eigenvalue weighted by Crippen LogP contribution is -2.55. The van der Waals surface area contributed by atoms with E-state index in [-0.39, 0.29) is 11.3 Å². The van der Waals surface area contributed by atoms with Crippen LogP contribution in [0.1, 0.15) is 18.0 Å². The average molecular weight is 243 g/mol. The van der Waals surface area contributed by atoms with Gasteiger partial charge < -0.3 is 15.6 Å². The van der Waals surface area contributed by atoms with E-state index in [0.717, 1.165) is 6.26 Å². The van der Waals surface area contributed by atoms with Gasteiger partial charge in [0.1, 0.15) is 6.04 Å². The van der Waals surface area contributed by atoms with E-state index >= 15 is 0 Å². The summed E-state index contributed by atoms with van der Waals surface area (Å²) in [7, 11) is -3.22. The second kappa shape index (κ2) is 4.63. The van der Waals surface area contributed by atoms with Gasteiger partial charge in [-0.05, 0) is 12.1 Å². The second-order valence-electron chi connectivity index (χ2n) is 3.61. The molecule has 0 aliphatic heterocycles. The molecule has 0 saturated carbocycles. The van der Waals surface area contributed by atoms with Crippen LogP contribution in [0.4, 0.5) is 0 Å². The highest BCUT2D eigenvalue weighted by Gasteiger charge is 2.12. The van der Waals surface area contributed by atoms with Gasteiger partial charge in [0.25, 0.3) is 0 Å². The van der Waals surface area contributed by atoms with Crippen molar-refractivity contribution >= 4 is 15.8 Å². The van der Waals surface area contributed by atoms with Gasteiger partial charge in [-0.2, -0.15) is 0 Å². The van der Waals surface area contributed by atoms with Crippen molar-refractivity contribution in [2.24, 2.45) is 0 Å². The Hall–Kier alpha value is -1.40. The highest BCUT2D eigenvalue weighted by atomic mass is 32.2. The monoisotopic (exact) mass is 243 g/mol. The highest BCUT2D eigenvalue weighted by Crippen LogP contribution is 2.15. The first-order valence-electron chi connectivity index (χ1n) is 4.63. The molecule has 6 heteroatoms. The van der Waals surface area contributed by atoms with Crippen molar-refractivity contribution < 1.29 is 24.1 Å². The fraction of sp³-hybridized carbons (Fsp3) is 0.300. The zero-order chi connectivity index (χ0) is 12.3. The van der Waals surface area contributed by atoms with Gasteiger partial charge in [-0.3, -0.25) is 0 Å². The first-order valence-corrected chi connectivity index (χ1v) is 6.53. The van der Waals surface area contributed by atoms with Crippen molar-refractivity contribution in [1.29, 1.82) is 0 Å². The smallest absolute Gasteiger partial charge is 0.175 e. The minimum atomic E-state index is -3.22. The number of sulfone groups is 1. The molecule has 0 unspecified atom stereocenters. The molecule has 1 rings (SSSR count). The Morgan fingerprint density at radius 2 is 1.88 bits per heavy atom. The van der Waals surface area contributed by atoms with Crippen molar-refractivity contribution in [1.82, 2.24) is 0 Å². The summed E-state index contributed by atoms with van der Waals surface area (Å²) in [4.78, 5) is 10.6. The molecule has 0 bridgehead atoms. The maximum absolute atomic E-state index is 11.2. The standard InChI is InChI=1S/C10H13NO4S/c1-16(14,15)8-4-2-7(3-5-8)9(11)6-10(12)13/h2-5,9H,6,11H2,1H3,(H,12,13)/t9-/m1/s1. The molecule has 0 fully saturated rings. The van der Waals surface area contributed by atoms with Gasteiger partial charge in [0.2, 0.25) is 0 Å². The maximum Gasteiger partial charge on any atom is 0.175 e. The Labute approximate surface area is 93.8 Å². The van der Waals surface area contributed by atoms with E-state index in [1.54, 1.807) is 12.1 Å². The predicted octanol–water partition coefficient (Wildman–Crippen LogP) is -1.49. The summed E-state index contributed by atoms with van der Waals surface area (Å²) in [6.07, 6.45) is 0.934. The number of aliphatic carboxylic acids is 1. The molecule has 0 radical (unpaired) electrons. The molecule has 1 atom stereocenters. The maximum atomic E-state index is 11.2. The SMILES string of the molecule is CS(=O)(=O)c1ccc([C@H]([NH3+])CC(=O)[O-])cc1. The van der Waals surface area contributed by atoms with Crippen molar-refractivity contribution in [3.8, 4) is 0 Å². The van der Waals surface area contributed by atoms with Gasteiger partial charge in [0.15, 0.2) is 9.84 Å². The molecule has 0 aromatic heterocycles. The zero-order valence-electron chi connectivity index (χ0n) is 8.84. The largest absolute Gasteiger partial charge is 0.550 e. The van der Waals surface area contributed by atoms with E-state index in [2.05, 4.69) is 5.73 Å². The van der Waals surface area contributed by atoms with E-state index < -0.39 is 21.8 Å². The molecule has 0 spiro atoms.